The fourth-order valence-electron chi connectivity index (χ4n) is 2.62. The normalized spacial score (nSPS) is 14.5. The molecular formula is C19H18N2O3S2. The lowest BCUT2D eigenvalue weighted by molar-refractivity contribution is -0.120. The quantitative estimate of drug-likeness (QED) is 0.785. The van der Waals surface area contributed by atoms with Crippen molar-refractivity contribution in [2.75, 3.05) is 10.2 Å². The molecule has 5 nitrogen and oxygen atoms in total. The molecule has 0 fully saturated rings. The number of hydrogen-bond acceptors (Lipinski definition) is 5. The first-order valence-electron chi connectivity index (χ1n) is 8.09. The van der Waals surface area contributed by atoms with Crippen LogP contribution < -0.4 is 10.2 Å². The number of carbonyl (C=O) groups excluding carboxylic acids is 3. The van der Waals surface area contributed by atoms with Crippen molar-refractivity contribution in [3.63, 3.8) is 0 Å². The summed E-state index contributed by atoms with van der Waals surface area (Å²) in [6.07, 6.45) is 0. The molecule has 1 aromatic carbocycles. The molecule has 0 atom stereocenters. The second kappa shape index (κ2) is 7.47. The van der Waals surface area contributed by atoms with Crippen LogP contribution in [0.25, 0.3) is 5.57 Å². The van der Waals surface area contributed by atoms with Crippen molar-refractivity contribution in [3.05, 3.63) is 51.6 Å². The van der Waals surface area contributed by atoms with Crippen LogP contribution in [-0.4, -0.2) is 23.0 Å². The highest BCUT2D eigenvalue weighted by Gasteiger charge is 2.40. The van der Waals surface area contributed by atoms with Crippen LogP contribution in [-0.2, 0) is 14.4 Å². The number of thioether (sulfide) groups is 1. The van der Waals surface area contributed by atoms with E-state index in [1.54, 1.807) is 24.3 Å². The number of amides is 3. The minimum Gasteiger partial charge on any atom is -0.326 e. The molecule has 0 unspecified atom stereocenters. The molecule has 3 rings (SSSR count). The van der Waals surface area contributed by atoms with Gasteiger partial charge >= 0.3 is 0 Å². The maximum absolute atomic E-state index is 13.0. The van der Waals surface area contributed by atoms with Gasteiger partial charge in [0, 0.05) is 22.7 Å². The van der Waals surface area contributed by atoms with Crippen molar-refractivity contribution < 1.29 is 14.4 Å². The average molecular weight is 386 g/mol. The second-order valence-electron chi connectivity index (χ2n) is 6.02. The first-order valence-corrected chi connectivity index (χ1v) is 9.85. The van der Waals surface area contributed by atoms with E-state index in [0.29, 0.717) is 21.9 Å². The van der Waals surface area contributed by atoms with E-state index in [4.69, 9.17) is 0 Å². The summed E-state index contributed by atoms with van der Waals surface area (Å²) in [6.45, 7) is 5.41. The summed E-state index contributed by atoms with van der Waals surface area (Å²) >= 11 is 2.85. The molecule has 1 aliphatic heterocycles. The predicted molar refractivity (Wildman–Crippen MR) is 107 cm³/mol. The first kappa shape index (κ1) is 18.4. The Morgan fingerprint density at radius 2 is 1.81 bits per heavy atom. The smallest absolute Gasteiger partial charge is 0.272 e. The number of hydrogen-bond donors (Lipinski definition) is 1. The standard InChI is InChI=1S/C19H18N2O3S2/c1-11(2)26-17-16(15-5-4-10-25-15)18(23)21(19(17)24)14-8-6-13(7-9-14)20-12(3)22/h4-11H,1-3H3,(H,20,22). The zero-order valence-corrected chi connectivity index (χ0v) is 16.2. The van der Waals surface area contributed by atoms with Gasteiger partial charge in [-0.05, 0) is 35.7 Å². The summed E-state index contributed by atoms with van der Waals surface area (Å²) < 4.78 is 0. The van der Waals surface area contributed by atoms with Gasteiger partial charge in [0.2, 0.25) is 5.91 Å². The average Bonchev–Trinajstić information content (AvgIpc) is 3.16. The molecule has 0 saturated heterocycles. The minimum absolute atomic E-state index is 0.177. The van der Waals surface area contributed by atoms with E-state index in [9.17, 15) is 14.4 Å². The molecule has 3 amide bonds. The van der Waals surface area contributed by atoms with Gasteiger partial charge in [-0.3, -0.25) is 14.4 Å². The number of nitrogens with zero attached hydrogens (tertiary/aromatic N) is 1. The number of imide groups is 1. The van der Waals surface area contributed by atoms with Crippen LogP contribution in [0.2, 0.25) is 0 Å². The van der Waals surface area contributed by atoms with E-state index >= 15 is 0 Å². The lowest BCUT2D eigenvalue weighted by atomic mass is 10.2. The number of anilines is 2. The zero-order valence-electron chi connectivity index (χ0n) is 14.6. The summed E-state index contributed by atoms with van der Waals surface area (Å²) in [7, 11) is 0. The SMILES string of the molecule is CC(=O)Nc1ccc(N2C(=O)C(SC(C)C)=C(c3cccs3)C2=O)cc1. The topological polar surface area (TPSA) is 66.5 Å². The van der Waals surface area contributed by atoms with Crippen molar-refractivity contribution in [3.8, 4) is 0 Å². The monoisotopic (exact) mass is 386 g/mol. The number of nitrogens with one attached hydrogen (secondary N) is 1. The third-order valence-corrected chi connectivity index (χ3v) is 5.58. The fourth-order valence-corrected chi connectivity index (χ4v) is 4.44. The number of benzene rings is 1. The highest BCUT2D eigenvalue weighted by Crippen LogP contribution is 2.41. The van der Waals surface area contributed by atoms with E-state index in [0.717, 1.165) is 4.88 Å². The van der Waals surface area contributed by atoms with Crippen LogP contribution >= 0.6 is 23.1 Å². The molecule has 1 aliphatic rings. The molecule has 2 aromatic rings. The van der Waals surface area contributed by atoms with E-state index in [2.05, 4.69) is 5.32 Å². The zero-order chi connectivity index (χ0) is 18.8. The van der Waals surface area contributed by atoms with Gasteiger partial charge in [0.1, 0.15) is 0 Å². The molecule has 26 heavy (non-hydrogen) atoms. The molecule has 0 aliphatic carbocycles. The molecule has 0 bridgehead atoms. The highest BCUT2D eigenvalue weighted by molar-refractivity contribution is 8.04. The van der Waals surface area contributed by atoms with Gasteiger partial charge < -0.3 is 5.32 Å². The van der Waals surface area contributed by atoms with Crippen molar-refractivity contribution >= 4 is 57.8 Å². The molecule has 0 spiro atoms. The molecule has 134 valence electrons. The summed E-state index contributed by atoms with van der Waals surface area (Å²) in [6, 6.07) is 10.4. The Bertz CT molecular complexity index is 884. The fraction of sp³-hybridized carbons (Fsp3) is 0.211. The Hall–Kier alpha value is -2.38. The van der Waals surface area contributed by atoms with Gasteiger partial charge in [-0.1, -0.05) is 19.9 Å². The van der Waals surface area contributed by atoms with Crippen LogP contribution in [0.5, 0.6) is 0 Å². The molecular weight excluding hydrogens is 368 g/mol. The highest BCUT2D eigenvalue weighted by atomic mass is 32.2. The maximum atomic E-state index is 13.0. The lowest BCUT2D eigenvalue weighted by Crippen LogP contribution is -2.31. The summed E-state index contributed by atoms with van der Waals surface area (Å²) in [5.41, 5.74) is 1.57. The van der Waals surface area contributed by atoms with E-state index in [1.807, 2.05) is 31.4 Å². The Morgan fingerprint density at radius 3 is 2.35 bits per heavy atom. The maximum Gasteiger partial charge on any atom is 0.272 e. The molecule has 1 aromatic heterocycles. The summed E-state index contributed by atoms with van der Waals surface area (Å²) in [5, 5.41) is 4.74. The Morgan fingerprint density at radius 1 is 1.12 bits per heavy atom. The molecule has 1 N–H and O–H groups in total. The van der Waals surface area contributed by atoms with Crippen LogP contribution in [0.4, 0.5) is 11.4 Å². The van der Waals surface area contributed by atoms with Crippen molar-refractivity contribution in [2.45, 2.75) is 26.0 Å². The Labute approximate surface area is 160 Å². The lowest BCUT2D eigenvalue weighted by Gasteiger charge is -2.16. The van der Waals surface area contributed by atoms with E-state index in [1.165, 1.54) is 34.9 Å². The number of carbonyl (C=O) groups is 3. The van der Waals surface area contributed by atoms with Gasteiger partial charge in [0.25, 0.3) is 11.8 Å². The van der Waals surface area contributed by atoms with Crippen LogP contribution in [0.15, 0.2) is 46.7 Å². The van der Waals surface area contributed by atoms with Gasteiger partial charge in [0.15, 0.2) is 0 Å². The number of thiophene rings is 1. The largest absolute Gasteiger partial charge is 0.326 e. The number of rotatable bonds is 5. The second-order valence-corrected chi connectivity index (χ2v) is 8.56. The molecule has 7 heteroatoms. The summed E-state index contributed by atoms with van der Waals surface area (Å²) in [5.74, 6) is -0.791. The van der Waals surface area contributed by atoms with Crippen molar-refractivity contribution in [2.24, 2.45) is 0 Å². The minimum atomic E-state index is -0.312. The van der Waals surface area contributed by atoms with Gasteiger partial charge in [0.05, 0.1) is 16.2 Å². The molecule has 0 saturated carbocycles. The third-order valence-electron chi connectivity index (χ3n) is 3.61. The third kappa shape index (κ3) is 3.59. The summed E-state index contributed by atoms with van der Waals surface area (Å²) in [4.78, 5) is 39.6. The Balaban J connectivity index is 1.97. The molecule has 0 radical (unpaired) electrons. The van der Waals surface area contributed by atoms with E-state index in [-0.39, 0.29) is 23.0 Å². The first-order chi connectivity index (χ1) is 12.4. The van der Waals surface area contributed by atoms with Gasteiger partial charge in [-0.2, -0.15) is 0 Å². The van der Waals surface area contributed by atoms with Crippen molar-refractivity contribution in [1.82, 2.24) is 0 Å². The van der Waals surface area contributed by atoms with Gasteiger partial charge in [-0.25, -0.2) is 4.90 Å². The van der Waals surface area contributed by atoms with Crippen LogP contribution in [0.1, 0.15) is 25.6 Å². The van der Waals surface area contributed by atoms with Gasteiger partial charge in [-0.15, -0.1) is 23.1 Å². The van der Waals surface area contributed by atoms with E-state index < -0.39 is 0 Å². The van der Waals surface area contributed by atoms with Crippen LogP contribution in [0, 0.1) is 0 Å². The van der Waals surface area contributed by atoms with Crippen LogP contribution in [0.3, 0.4) is 0 Å². The Kier molecular flexibility index (Phi) is 5.29. The molecule has 2 heterocycles. The predicted octanol–water partition coefficient (Wildman–Crippen LogP) is 4.13. The van der Waals surface area contributed by atoms with Crippen molar-refractivity contribution in [1.29, 1.82) is 0 Å².